The molecule has 0 radical (unpaired) electrons. The van der Waals surface area contributed by atoms with E-state index in [-0.39, 0.29) is 11.9 Å². The van der Waals surface area contributed by atoms with Crippen molar-refractivity contribution < 1.29 is 9.13 Å². The van der Waals surface area contributed by atoms with Crippen LogP contribution in [0.1, 0.15) is 31.2 Å². The number of aromatic amines is 1. The van der Waals surface area contributed by atoms with Crippen molar-refractivity contribution >= 4 is 16.9 Å². The van der Waals surface area contributed by atoms with Gasteiger partial charge in [0.2, 0.25) is 0 Å². The maximum atomic E-state index is 13.2. The van der Waals surface area contributed by atoms with Crippen molar-refractivity contribution in [3.8, 4) is 0 Å². The van der Waals surface area contributed by atoms with Crippen LogP contribution in [-0.4, -0.2) is 38.9 Å². The van der Waals surface area contributed by atoms with E-state index in [2.05, 4.69) is 25.5 Å². The van der Waals surface area contributed by atoms with Gasteiger partial charge in [-0.1, -0.05) is 12.1 Å². The summed E-state index contributed by atoms with van der Waals surface area (Å²) in [6.45, 7) is 0.633. The van der Waals surface area contributed by atoms with E-state index in [0.717, 1.165) is 54.5 Å². The second-order valence-corrected chi connectivity index (χ2v) is 6.72. The van der Waals surface area contributed by atoms with Crippen molar-refractivity contribution in [3.63, 3.8) is 0 Å². The first-order valence-corrected chi connectivity index (χ1v) is 9.04. The van der Waals surface area contributed by atoms with E-state index in [4.69, 9.17) is 4.74 Å². The van der Waals surface area contributed by atoms with E-state index in [1.807, 2.05) is 6.07 Å². The molecule has 1 aromatic carbocycles. The highest BCUT2D eigenvalue weighted by atomic mass is 19.1. The van der Waals surface area contributed by atoms with Crippen LogP contribution in [0.4, 0.5) is 10.2 Å². The Hall–Kier alpha value is -2.54. The highest BCUT2D eigenvalue weighted by Gasteiger charge is 2.22. The number of anilines is 1. The fourth-order valence-corrected chi connectivity index (χ4v) is 3.48. The van der Waals surface area contributed by atoms with Crippen LogP contribution in [0.15, 0.2) is 36.8 Å². The zero-order valence-electron chi connectivity index (χ0n) is 14.5. The standard InChI is InChI=1S/C19H22FN5O/c20-14-3-1-2-13(10-14)8-9-26-16-6-4-15(5-7-16)24-18-17-11-23-25-19(17)22-12-21-18/h1-3,10-12,15-16H,4-9H2,(H2,21,22,23,24,25)/t15-,16-. The Bertz CT molecular complexity index is 860. The first-order chi connectivity index (χ1) is 12.8. The average molecular weight is 355 g/mol. The quantitative estimate of drug-likeness (QED) is 0.708. The minimum Gasteiger partial charge on any atom is -0.378 e. The lowest BCUT2D eigenvalue weighted by molar-refractivity contribution is 0.0282. The van der Waals surface area contributed by atoms with Gasteiger partial charge in [-0.3, -0.25) is 5.10 Å². The van der Waals surface area contributed by atoms with E-state index in [0.29, 0.717) is 12.6 Å². The summed E-state index contributed by atoms with van der Waals surface area (Å²) in [6, 6.07) is 7.10. The minimum absolute atomic E-state index is 0.189. The molecule has 0 unspecified atom stereocenters. The smallest absolute Gasteiger partial charge is 0.160 e. The van der Waals surface area contributed by atoms with Crippen molar-refractivity contribution in [2.24, 2.45) is 0 Å². The number of benzene rings is 1. The Morgan fingerprint density at radius 2 is 2.08 bits per heavy atom. The molecule has 0 bridgehead atoms. The Morgan fingerprint density at radius 1 is 1.19 bits per heavy atom. The predicted octanol–water partition coefficient (Wildman–Crippen LogP) is 3.47. The largest absolute Gasteiger partial charge is 0.378 e. The number of nitrogens with zero attached hydrogens (tertiary/aromatic N) is 3. The summed E-state index contributed by atoms with van der Waals surface area (Å²) in [6.07, 6.45) is 8.42. The van der Waals surface area contributed by atoms with Crippen LogP contribution in [-0.2, 0) is 11.2 Å². The molecule has 1 fully saturated rings. The third-order valence-electron chi connectivity index (χ3n) is 4.90. The molecule has 1 aliphatic carbocycles. The van der Waals surface area contributed by atoms with Gasteiger partial charge in [0, 0.05) is 6.04 Å². The van der Waals surface area contributed by atoms with Gasteiger partial charge in [-0.15, -0.1) is 0 Å². The SMILES string of the molecule is Fc1cccc(CCO[C@H]2CC[C@H](Nc3ncnc4[nH]ncc34)CC2)c1. The van der Waals surface area contributed by atoms with Crippen LogP contribution in [0.3, 0.4) is 0 Å². The van der Waals surface area contributed by atoms with Gasteiger partial charge in [0.05, 0.1) is 24.3 Å². The summed E-state index contributed by atoms with van der Waals surface area (Å²) in [5.41, 5.74) is 1.73. The second kappa shape index (κ2) is 7.78. The number of rotatable bonds is 6. The molecule has 3 aromatic rings. The molecule has 26 heavy (non-hydrogen) atoms. The molecule has 0 amide bonds. The van der Waals surface area contributed by atoms with Crippen LogP contribution >= 0.6 is 0 Å². The van der Waals surface area contributed by atoms with E-state index < -0.39 is 0 Å². The van der Waals surface area contributed by atoms with Crippen LogP contribution in [0.5, 0.6) is 0 Å². The van der Waals surface area contributed by atoms with E-state index in [1.165, 1.54) is 6.07 Å². The van der Waals surface area contributed by atoms with Crippen LogP contribution in [0, 0.1) is 5.82 Å². The van der Waals surface area contributed by atoms with Crippen molar-refractivity contribution in [2.45, 2.75) is 44.2 Å². The Kier molecular flexibility index (Phi) is 5.06. The number of fused-ring (bicyclic) bond motifs is 1. The first kappa shape index (κ1) is 16.9. The summed E-state index contributed by atoms with van der Waals surface area (Å²) in [5, 5.41) is 11.3. The topological polar surface area (TPSA) is 75.7 Å². The van der Waals surface area contributed by atoms with E-state index in [1.54, 1.807) is 24.7 Å². The molecule has 2 N–H and O–H groups in total. The number of aromatic nitrogens is 4. The number of hydrogen-bond acceptors (Lipinski definition) is 5. The van der Waals surface area contributed by atoms with Gasteiger partial charge in [-0.2, -0.15) is 5.10 Å². The molecule has 2 heterocycles. The van der Waals surface area contributed by atoms with Gasteiger partial charge >= 0.3 is 0 Å². The Morgan fingerprint density at radius 3 is 2.92 bits per heavy atom. The molecule has 0 atom stereocenters. The normalized spacial score (nSPS) is 20.3. The van der Waals surface area contributed by atoms with Crippen molar-refractivity contribution in [1.82, 2.24) is 20.2 Å². The molecule has 0 saturated heterocycles. The summed E-state index contributed by atoms with van der Waals surface area (Å²) < 4.78 is 19.2. The van der Waals surface area contributed by atoms with E-state index >= 15 is 0 Å². The molecule has 7 heteroatoms. The van der Waals surface area contributed by atoms with Gasteiger partial charge in [-0.25, -0.2) is 14.4 Å². The number of H-pyrrole nitrogens is 1. The third kappa shape index (κ3) is 3.99. The zero-order valence-corrected chi connectivity index (χ0v) is 14.5. The van der Waals surface area contributed by atoms with Gasteiger partial charge in [-0.05, 0) is 49.8 Å². The van der Waals surface area contributed by atoms with Gasteiger partial charge < -0.3 is 10.1 Å². The first-order valence-electron chi connectivity index (χ1n) is 9.04. The minimum atomic E-state index is -0.189. The van der Waals surface area contributed by atoms with Crippen LogP contribution in [0.25, 0.3) is 11.0 Å². The maximum absolute atomic E-state index is 13.2. The summed E-state index contributed by atoms with van der Waals surface area (Å²) >= 11 is 0. The molecule has 0 spiro atoms. The highest BCUT2D eigenvalue weighted by molar-refractivity contribution is 5.85. The van der Waals surface area contributed by atoms with E-state index in [9.17, 15) is 4.39 Å². The number of hydrogen-bond donors (Lipinski definition) is 2. The second-order valence-electron chi connectivity index (χ2n) is 6.72. The number of halogens is 1. The lowest BCUT2D eigenvalue weighted by Gasteiger charge is -2.29. The van der Waals surface area contributed by atoms with Crippen molar-refractivity contribution in [3.05, 3.63) is 48.2 Å². The Labute approximate surface area is 151 Å². The molecular weight excluding hydrogens is 333 g/mol. The fraction of sp³-hybridized carbons (Fsp3) is 0.421. The third-order valence-corrected chi connectivity index (χ3v) is 4.90. The zero-order chi connectivity index (χ0) is 17.8. The summed E-state index contributed by atoms with van der Waals surface area (Å²) in [7, 11) is 0. The molecule has 1 saturated carbocycles. The lowest BCUT2D eigenvalue weighted by atomic mass is 9.93. The maximum Gasteiger partial charge on any atom is 0.160 e. The Balaban J connectivity index is 1.23. The molecule has 1 aliphatic rings. The van der Waals surface area contributed by atoms with Crippen molar-refractivity contribution in [2.75, 3.05) is 11.9 Å². The molecule has 6 nitrogen and oxygen atoms in total. The summed E-state index contributed by atoms with van der Waals surface area (Å²) in [5.74, 6) is 0.643. The lowest BCUT2D eigenvalue weighted by Crippen LogP contribution is -2.30. The van der Waals surface area contributed by atoms with Gasteiger partial charge in [0.1, 0.15) is 18.0 Å². The van der Waals surface area contributed by atoms with Crippen LogP contribution < -0.4 is 5.32 Å². The van der Waals surface area contributed by atoms with Crippen molar-refractivity contribution in [1.29, 1.82) is 0 Å². The fourth-order valence-electron chi connectivity index (χ4n) is 3.48. The molecule has 0 aliphatic heterocycles. The summed E-state index contributed by atoms with van der Waals surface area (Å²) in [4.78, 5) is 8.50. The predicted molar refractivity (Wildman–Crippen MR) is 97.4 cm³/mol. The molecule has 2 aromatic heterocycles. The average Bonchev–Trinajstić information content (AvgIpc) is 3.13. The molecule has 136 valence electrons. The number of ether oxygens (including phenoxy) is 1. The molecular formula is C19H22FN5O. The molecule has 4 rings (SSSR count). The van der Waals surface area contributed by atoms with Gasteiger partial charge in [0.25, 0.3) is 0 Å². The highest BCUT2D eigenvalue weighted by Crippen LogP contribution is 2.26. The van der Waals surface area contributed by atoms with Crippen LogP contribution in [0.2, 0.25) is 0 Å². The van der Waals surface area contributed by atoms with Gasteiger partial charge in [0.15, 0.2) is 5.65 Å². The number of nitrogens with one attached hydrogen (secondary N) is 2. The monoisotopic (exact) mass is 355 g/mol.